The molecule has 0 aromatic heterocycles. The van der Waals surface area contributed by atoms with Crippen LogP contribution in [0.3, 0.4) is 0 Å². The first-order valence-corrected chi connectivity index (χ1v) is 5.82. The normalized spacial score (nSPS) is 38.8. The lowest BCUT2D eigenvalue weighted by Crippen LogP contribution is -2.47. The Morgan fingerprint density at radius 1 is 1.57 bits per heavy atom. The van der Waals surface area contributed by atoms with Crippen LogP contribution in [0, 0.1) is 5.92 Å². The third-order valence-electron chi connectivity index (χ3n) is 3.44. The summed E-state index contributed by atoms with van der Waals surface area (Å²) in [5.74, 6) is 0.821. The maximum absolute atomic E-state index is 5.42. The third kappa shape index (κ3) is 2.69. The third-order valence-corrected chi connectivity index (χ3v) is 3.44. The summed E-state index contributed by atoms with van der Waals surface area (Å²) in [6.07, 6.45) is 3.86. The van der Waals surface area contributed by atoms with Crippen molar-refractivity contribution in [1.82, 2.24) is 10.6 Å². The minimum Gasteiger partial charge on any atom is -0.379 e. The van der Waals surface area contributed by atoms with Crippen molar-refractivity contribution in [3.05, 3.63) is 0 Å². The molecule has 2 aliphatic heterocycles. The maximum atomic E-state index is 5.42. The van der Waals surface area contributed by atoms with Gasteiger partial charge >= 0.3 is 0 Å². The first-order valence-electron chi connectivity index (χ1n) is 5.82. The van der Waals surface area contributed by atoms with Gasteiger partial charge < -0.3 is 15.4 Å². The molecule has 14 heavy (non-hydrogen) atoms. The molecule has 0 aromatic carbocycles. The Balaban J connectivity index is 1.70. The van der Waals surface area contributed by atoms with E-state index in [0.29, 0.717) is 0 Å². The van der Waals surface area contributed by atoms with Crippen LogP contribution in [0.15, 0.2) is 0 Å². The Morgan fingerprint density at radius 2 is 2.50 bits per heavy atom. The van der Waals surface area contributed by atoms with Gasteiger partial charge in [0, 0.05) is 12.1 Å². The van der Waals surface area contributed by atoms with Crippen LogP contribution >= 0.6 is 0 Å². The van der Waals surface area contributed by atoms with Gasteiger partial charge in [0.25, 0.3) is 0 Å². The second kappa shape index (κ2) is 4.60. The molecule has 0 bridgehead atoms. The first-order chi connectivity index (χ1) is 6.79. The van der Waals surface area contributed by atoms with Crippen molar-refractivity contribution in [2.75, 3.05) is 32.8 Å². The number of rotatable bonds is 3. The molecule has 0 spiro atoms. The van der Waals surface area contributed by atoms with Gasteiger partial charge in [0.2, 0.25) is 0 Å². The zero-order valence-electron chi connectivity index (χ0n) is 9.14. The molecule has 2 fully saturated rings. The van der Waals surface area contributed by atoms with Crippen molar-refractivity contribution in [3.63, 3.8) is 0 Å². The van der Waals surface area contributed by atoms with Crippen molar-refractivity contribution >= 4 is 0 Å². The van der Waals surface area contributed by atoms with E-state index < -0.39 is 0 Å². The highest BCUT2D eigenvalue weighted by molar-refractivity contribution is 4.88. The van der Waals surface area contributed by atoms with Crippen LogP contribution in [0.2, 0.25) is 0 Å². The molecule has 2 saturated heterocycles. The number of nitrogens with one attached hydrogen (secondary N) is 2. The Hall–Kier alpha value is -0.120. The predicted molar refractivity (Wildman–Crippen MR) is 57.4 cm³/mol. The topological polar surface area (TPSA) is 33.3 Å². The fourth-order valence-corrected chi connectivity index (χ4v) is 2.30. The van der Waals surface area contributed by atoms with Gasteiger partial charge in [0.05, 0.1) is 6.61 Å². The molecule has 2 heterocycles. The van der Waals surface area contributed by atoms with Gasteiger partial charge in [0.15, 0.2) is 0 Å². The molecule has 3 nitrogen and oxygen atoms in total. The molecule has 82 valence electrons. The Bertz CT molecular complexity index is 172. The van der Waals surface area contributed by atoms with Crippen LogP contribution in [0.5, 0.6) is 0 Å². The van der Waals surface area contributed by atoms with Crippen molar-refractivity contribution in [3.8, 4) is 0 Å². The lowest BCUT2D eigenvalue weighted by Gasteiger charge is -2.29. The fourth-order valence-electron chi connectivity index (χ4n) is 2.30. The highest BCUT2D eigenvalue weighted by atomic mass is 16.5. The van der Waals surface area contributed by atoms with E-state index in [1.165, 1.54) is 25.9 Å². The summed E-state index contributed by atoms with van der Waals surface area (Å²) in [7, 11) is 0. The summed E-state index contributed by atoms with van der Waals surface area (Å²) in [5.41, 5.74) is 0.247. The summed E-state index contributed by atoms with van der Waals surface area (Å²) in [6.45, 7) is 7.61. The van der Waals surface area contributed by atoms with E-state index in [-0.39, 0.29) is 5.54 Å². The van der Waals surface area contributed by atoms with Gasteiger partial charge in [-0.2, -0.15) is 0 Å². The van der Waals surface area contributed by atoms with Crippen molar-refractivity contribution in [2.45, 2.75) is 31.7 Å². The zero-order valence-corrected chi connectivity index (χ0v) is 9.14. The van der Waals surface area contributed by atoms with Crippen LogP contribution in [0.25, 0.3) is 0 Å². The van der Waals surface area contributed by atoms with E-state index in [4.69, 9.17) is 4.74 Å². The van der Waals surface area contributed by atoms with Gasteiger partial charge in [-0.05, 0) is 51.7 Å². The van der Waals surface area contributed by atoms with E-state index >= 15 is 0 Å². The molecule has 2 rings (SSSR count). The van der Waals surface area contributed by atoms with Crippen molar-refractivity contribution in [2.24, 2.45) is 5.92 Å². The summed E-state index contributed by atoms with van der Waals surface area (Å²) < 4.78 is 5.42. The molecule has 0 aromatic rings. The lowest BCUT2D eigenvalue weighted by molar-refractivity contribution is 0.168. The second-order valence-corrected chi connectivity index (χ2v) is 4.96. The fraction of sp³-hybridized carbons (Fsp3) is 1.00. The average molecular weight is 198 g/mol. The Labute approximate surface area is 86.6 Å². The van der Waals surface area contributed by atoms with Crippen LogP contribution in [-0.4, -0.2) is 38.4 Å². The summed E-state index contributed by atoms with van der Waals surface area (Å²) >= 11 is 0. The van der Waals surface area contributed by atoms with Gasteiger partial charge in [-0.25, -0.2) is 0 Å². The summed E-state index contributed by atoms with van der Waals surface area (Å²) in [4.78, 5) is 0. The van der Waals surface area contributed by atoms with Gasteiger partial charge in [0.1, 0.15) is 0 Å². The van der Waals surface area contributed by atoms with E-state index in [9.17, 15) is 0 Å². The van der Waals surface area contributed by atoms with E-state index in [1.807, 2.05) is 0 Å². The minimum atomic E-state index is 0.247. The second-order valence-electron chi connectivity index (χ2n) is 4.96. The number of piperidine rings is 1. The molecule has 2 N–H and O–H groups in total. The molecule has 2 aliphatic rings. The molecule has 0 saturated carbocycles. The standard InChI is InChI=1S/C11H22N2O/c1-11(4-6-14-9-11)13-8-10-3-2-5-12-7-10/h10,12-13H,2-9H2,1H3/t10-,11?/m0/s1. The number of hydrogen-bond donors (Lipinski definition) is 2. The van der Waals surface area contributed by atoms with Crippen molar-refractivity contribution in [1.29, 1.82) is 0 Å². The van der Waals surface area contributed by atoms with Crippen LogP contribution < -0.4 is 10.6 Å². The van der Waals surface area contributed by atoms with Crippen LogP contribution in [0.4, 0.5) is 0 Å². The number of ether oxygens (including phenoxy) is 1. The highest BCUT2D eigenvalue weighted by Crippen LogP contribution is 2.18. The Kier molecular flexibility index (Phi) is 3.42. The lowest BCUT2D eigenvalue weighted by atomic mass is 9.96. The average Bonchev–Trinajstić information content (AvgIpc) is 2.65. The van der Waals surface area contributed by atoms with Gasteiger partial charge in [-0.15, -0.1) is 0 Å². The Morgan fingerprint density at radius 3 is 3.14 bits per heavy atom. The molecule has 0 aliphatic carbocycles. The molecule has 1 unspecified atom stereocenters. The SMILES string of the molecule is CC1(NC[C@H]2CCCNC2)CCOC1. The van der Waals surface area contributed by atoms with E-state index in [2.05, 4.69) is 17.6 Å². The molecule has 0 radical (unpaired) electrons. The number of hydrogen-bond acceptors (Lipinski definition) is 3. The van der Waals surface area contributed by atoms with E-state index in [0.717, 1.165) is 32.1 Å². The minimum absolute atomic E-state index is 0.247. The van der Waals surface area contributed by atoms with E-state index in [1.54, 1.807) is 0 Å². The van der Waals surface area contributed by atoms with Gasteiger partial charge in [-0.3, -0.25) is 0 Å². The smallest absolute Gasteiger partial charge is 0.0646 e. The molecule has 2 atom stereocenters. The monoisotopic (exact) mass is 198 g/mol. The van der Waals surface area contributed by atoms with Crippen LogP contribution in [-0.2, 0) is 4.74 Å². The molecule has 3 heteroatoms. The summed E-state index contributed by atoms with van der Waals surface area (Å²) in [5, 5.41) is 7.11. The predicted octanol–water partition coefficient (Wildman–Crippen LogP) is 0.755. The summed E-state index contributed by atoms with van der Waals surface area (Å²) in [6, 6.07) is 0. The first kappa shape index (κ1) is 10.4. The quantitative estimate of drug-likeness (QED) is 0.702. The molecular weight excluding hydrogens is 176 g/mol. The maximum Gasteiger partial charge on any atom is 0.0646 e. The van der Waals surface area contributed by atoms with Crippen molar-refractivity contribution < 1.29 is 4.74 Å². The van der Waals surface area contributed by atoms with Crippen LogP contribution in [0.1, 0.15) is 26.2 Å². The molecular formula is C11H22N2O. The van der Waals surface area contributed by atoms with Gasteiger partial charge in [-0.1, -0.05) is 0 Å². The largest absolute Gasteiger partial charge is 0.379 e. The highest BCUT2D eigenvalue weighted by Gasteiger charge is 2.29. The zero-order chi connectivity index (χ0) is 9.86. The molecule has 0 amide bonds.